The third kappa shape index (κ3) is 4.21. The molecule has 170 valence electrons. The molecule has 8 heteroatoms. The predicted octanol–water partition coefficient (Wildman–Crippen LogP) is 4.96. The molecule has 4 rings (SSSR count). The summed E-state index contributed by atoms with van der Waals surface area (Å²) in [6.07, 6.45) is 2.81. The van der Waals surface area contributed by atoms with Gasteiger partial charge in [0.15, 0.2) is 5.78 Å². The summed E-state index contributed by atoms with van der Waals surface area (Å²) in [5.41, 5.74) is 1.50. The number of Topliss-reactive ketones (excluding diaryl/α,β-unsaturated/α-hetero) is 1. The first kappa shape index (κ1) is 23.2. The van der Waals surface area contributed by atoms with Gasteiger partial charge < -0.3 is 0 Å². The van der Waals surface area contributed by atoms with Crippen molar-refractivity contribution in [1.82, 2.24) is 10.0 Å². The van der Waals surface area contributed by atoms with Gasteiger partial charge in [-0.05, 0) is 44.9 Å². The molecule has 1 aliphatic carbocycles. The summed E-state index contributed by atoms with van der Waals surface area (Å²) in [6.45, 7) is 3.42. The smallest absolute Gasteiger partial charge is 0.273 e. The van der Waals surface area contributed by atoms with E-state index in [4.69, 9.17) is 23.2 Å². The highest BCUT2D eigenvalue weighted by atomic mass is 35.5. The van der Waals surface area contributed by atoms with Crippen molar-refractivity contribution in [2.45, 2.75) is 32.7 Å². The molecule has 0 N–H and O–H groups in total. The zero-order chi connectivity index (χ0) is 23.9. The van der Waals surface area contributed by atoms with E-state index < -0.39 is 41.4 Å². The molecule has 0 unspecified atom stereocenters. The lowest BCUT2D eigenvalue weighted by Gasteiger charge is -2.34. The molecular weight excluding hydrogens is 463 g/mol. The first-order valence-electron chi connectivity index (χ1n) is 10.6. The Morgan fingerprint density at radius 2 is 1.64 bits per heavy atom. The second-order valence-electron chi connectivity index (χ2n) is 8.38. The number of nitrogens with zero attached hydrogens (tertiary/aromatic N) is 2. The molecular formula is C25H22Cl2N2O4. The molecule has 2 aromatic carbocycles. The van der Waals surface area contributed by atoms with E-state index in [0.29, 0.717) is 18.4 Å². The number of carbonyl (C=O) groups excluding carboxylic acids is 4. The number of rotatable bonds is 5. The summed E-state index contributed by atoms with van der Waals surface area (Å²) < 4.78 is 0. The van der Waals surface area contributed by atoms with Crippen LogP contribution in [0.3, 0.4) is 0 Å². The Morgan fingerprint density at radius 1 is 0.970 bits per heavy atom. The van der Waals surface area contributed by atoms with Gasteiger partial charge in [-0.3, -0.25) is 19.2 Å². The van der Waals surface area contributed by atoms with Crippen LogP contribution in [0.15, 0.2) is 60.2 Å². The molecule has 0 saturated carbocycles. The lowest BCUT2D eigenvalue weighted by molar-refractivity contribution is -0.156. The second kappa shape index (κ2) is 9.12. The van der Waals surface area contributed by atoms with Crippen LogP contribution in [0.25, 0.3) is 0 Å². The fourth-order valence-electron chi connectivity index (χ4n) is 4.39. The van der Waals surface area contributed by atoms with Crippen LogP contribution in [0.4, 0.5) is 0 Å². The Bertz CT molecular complexity index is 1180. The summed E-state index contributed by atoms with van der Waals surface area (Å²) in [7, 11) is 0. The van der Waals surface area contributed by atoms with Crippen molar-refractivity contribution >= 4 is 46.7 Å². The average Bonchev–Trinajstić information content (AvgIpc) is 3.05. The fraction of sp³-hybridized carbons (Fsp3) is 0.280. The Hall–Kier alpha value is -2.96. The van der Waals surface area contributed by atoms with Crippen molar-refractivity contribution in [3.63, 3.8) is 0 Å². The molecule has 1 aliphatic heterocycles. The fourth-order valence-corrected chi connectivity index (χ4v) is 4.69. The largest absolute Gasteiger partial charge is 0.292 e. The number of benzene rings is 2. The number of amides is 3. The van der Waals surface area contributed by atoms with Crippen molar-refractivity contribution in [3.8, 4) is 0 Å². The third-order valence-corrected chi connectivity index (χ3v) is 6.93. The van der Waals surface area contributed by atoms with Crippen molar-refractivity contribution in [2.75, 3.05) is 0 Å². The van der Waals surface area contributed by atoms with Gasteiger partial charge in [-0.25, -0.2) is 5.01 Å². The maximum Gasteiger partial charge on any atom is 0.273 e. The topological polar surface area (TPSA) is 74.8 Å². The first-order valence-corrected chi connectivity index (χ1v) is 11.4. The molecule has 3 amide bonds. The van der Waals surface area contributed by atoms with Crippen LogP contribution in [-0.4, -0.2) is 39.6 Å². The number of imide groups is 1. The zero-order valence-electron chi connectivity index (χ0n) is 18.1. The minimum Gasteiger partial charge on any atom is -0.292 e. The lowest BCUT2D eigenvalue weighted by atomic mass is 9.82. The maximum atomic E-state index is 13.6. The van der Waals surface area contributed by atoms with Crippen molar-refractivity contribution in [3.05, 3.63) is 81.4 Å². The lowest BCUT2D eigenvalue weighted by Crippen LogP contribution is -2.56. The number of hydrogen-bond acceptors (Lipinski definition) is 4. The van der Waals surface area contributed by atoms with Crippen LogP contribution in [-0.2, 0) is 9.59 Å². The van der Waals surface area contributed by atoms with Crippen LogP contribution in [0, 0.1) is 11.8 Å². The Labute approximate surface area is 201 Å². The number of carbonyl (C=O) groups is 4. The van der Waals surface area contributed by atoms with Crippen LogP contribution in [0.2, 0.25) is 10.0 Å². The van der Waals surface area contributed by atoms with E-state index >= 15 is 0 Å². The maximum absolute atomic E-state index is 13.6. The van der Waals surface area contributed by atoms with Gasteiger partial charge in [0.2, 0.25) is 0 Å². The predicted molar refractivity (Wildman–Crippen MR) is 125 cm³/mol. The van der Waals surface area contributed by atoms with Crippen LogP contribution < -0.4 is 0 Å². The van der Waals surface area contributed by atoms with Crippen LogP contribution in [0.1, 0.15) is 47.4 Å². The van der Waals surface area contributed by atoms with Crippen molar-refractivity contribution < 1.29 is 19.2 Å². The highest BCUT2D eigenvalue weighted by Gasteiger charge is 2.53. The van der Waals surface area contributed by atoms with Gasteiger partial charge in [0.25, 0.3) is 17.7 Å². The van der Waals surface area contributed by atoms with E-state index in [9.17, 15) is 19.2 Å². The molecule has 3 atom stereocenters. The Kier molecular flexibility index (Phi) is 6.41. The summed E-state index contributed by atoms with van der Waals surface area (Å²) in [4.78, 5) is 53.7. The minimum absolute atomic E-state index is 0.113. The zero-order valence-corrected chi connectivity index (χ0v) is 19.6. The quantitative estimate of drug-likeness (QED) is 0.341. The van der Waals surface area contributed by atoms with Gasteiger partial charge in [-0.15, -0.1) is 0 Å². The average molecular weight is 485 g/mol. The highest BCUT2D eigenvalue weighted by molar-refractivity contribution is 6.42. The van der Waals surface area contributed by atoms with Gasteiger partial charge in [-0.2, -0.15) is 5.01 Å². The van der Waals surface area contributed by atoms with Gasteiger partial charge in [0.05, 0.1) is 21.9 Å². The number of fused-ring (bicyclic) bond motifs is 1. The molecule has 1 fully saturated rings. The molecule has 33 heavy (non-hydrogen) atoms. The summed E-state index contributed by atoms with van der Waals surface area (Å²) >= 11 is 12.1. The van der Waals surface area contributed by atoms with E-state index in [0.717, 1.165) is 15.6 Å². The summed E-state index contributed by atoms with van der Waals surface area (Å²) in [5.74, 6) is -3.13. The highest BCUT2D eigenvalue weighted by Crippen LogP contribution is 2.39. The molecule has 2 aliphatic rings. The number of allylic oxidation sites excluding steroid dienone is 2. The van der Waals surface area contributed by atoms with E-state index in [1.54, 1.807) is 30.3 Å². The third-order valence-electron chi connectivity index (χ3n) is 6.19. The standard InChI is InChI=1S/C25H22Cl2N2O4/c1-14-8-10-18-19(12-14)25(33)29(24(18)32)28(15(2)22(30)16-6-4-3-5-7-16)23(31)17-9-11-20(26)21(27)13-17/h3-9,11,13,15,18-19H,10,12H2,1-2H3/t15-,18-,19+/m0/s1. The molecule has 1 heterocycles. The molecule has 0 aromatic heterocycles. The molecule has 0 spiro atoms. The van der Waals surface area contributed by atoms with E-state index in [2.05, 4.69) is 0 Å². The Balaban J connectivity index is 1.76. The minimum atomic E-state index is -1.11. The second-order valence-corrected chi connectivity index (χ2v) is 9.19. The Morgan fingerprint density at radius 3 is 2.30 bits per heavy atom. The van der Waals surface area contributed by atoms with Gasteiger partial charge in [0, 0.05) is 11.1 Å². The van der Waals surface area contributed by atoms with Crippen LogP contribution >= 0.6 is 23.2 Å². The van der Waals surface area contributed by atoms with Gasteiger partial charge in [0.1, 0.15) is 6.04 Å². The number of hydrazine groups is 1. The first-order chi connectivity index (χ1) is 15.7. The molecule has 2 aromatic rings. The van der Waals surface area contributed by atoms with Gasteiger partial charge >= 0.3 is 0 Å². The number of hydrogen-bond donors (Lipinski definition) is 0. The molecule has 1 saturated heterocycles. The van der Waals surface area contributed by atoms with Crippen LogP contribution in [0.5, 0.6) is 0 Å². The number of halogens is 2. The monoisotopic (exact) mass is 484 g/mol. The summed E-state index contributed by atoms with van der Waals surface area (Å²) in [6, 6.07) is 11.6. The normalized spacial score (nSPS) is 20.8. The van der Waals surface area contributed by atoms with Gasteiger partial charge in [-0.1, -0.05) is 65.2 Å². The molecule has 6 nitrogen and oxygen atoms in total. The van der Waals surface area contributed by atoms with E-state index in [1.807, 2.05) is 13.0 Å². The summed E-state index contributed by atoms with van der Waals surface area (Å²) in [5, 5.41) is 2.26. The van der Waals surface area contributed by atoms with E-state index in [-0.39, 0.29) is 15.6 Å². The molecule has 0 radical (unpaired) electrons. The SMILES string of the molecule is CC1=CC[C@@H]2C(=O)N(N(C(=O)c3ccc(Cl)c(Cl)c3)[C@@H](C)C(=O)c3ccccc3)C(=O)[C@@H]2C1. The van der Waals surface area contributed by atoms with E-state index in [1.165, 1.54) is 25.1 Å². The number of ketones is 1. The van der Waals surface area contributed by atoms with Crippen molar-refractivity contribution in [1.29, 1.82) is 0 Å². The van der Waals surface area contributed by atoms with Crippen molar-refractivity contribution in [2.24, 2.45) is 11.8 Å². The molecule has 0 bridgehead atoms.